The summed E-state index contributed by atoms with van der Waals surface area (Å²) in [5.74, 6) is 0.493. The van der Waals surface area contributed by atoms with E-state index in [1.165, 1.54) is 5.69 Å². The molecule has 0 spiro atoms. The molecule has 7 heteroatoms. The third-order valence-corrected chi connectivity index (χ3v) is 4.62. The molecule has 2 heterocycles. The van der Waals surface area contributed by atoms with Crippen LogP contribution in [0.15, 0.2) is 54.7 Å². The number of anilines is 4. The predicted octanol–water partition coefficient (Wildman–Crippen LogP) is 3.18. The van der Waals surface area contributed by atoms with Gasteiger partial charge in [0.1, 0.15) is 6.07 Å². The molecule has 7 nitrogen and oxygen atoms in total. The Hall–Kier alpha value is -3.63. The topological polar surface area (TPSA) is 100 Å². The summed E-state index contributed by atoms with van der Waals surface area (Å²) >= 11 is 0. The second-order valence-corrected chi connectivity index (χ2v) is 6.45. The van der Waals surface area contributed by atoms with Crippen LogP contribution < -0.4 is 16.0 Å². The van der Waals surface area contributed by atoms with Gasteiger partial charge in [0.2, 0.25) is 5.95 Å². The summed E-state index contributed by atoms with van der Waals surface area (Å²) in [5, 5.41) is 12.4. The first-order valence-electron chi connectivity index (χ1n) is 9.06. The number of rotatable bonds is 4. The van der Waals surface area contributed by atoms with Crippen molar-refractivity contribution in [3.05, 3.63) is 60.3 Å². The predicted molar refractivity (Wildman–Crippen MR) is 109 cm³/mol. The van der Waals surface area contributed by atoms with Gasteiger partial charge >= 0.3 is 0 Å². The van der Waals surface area contributed by atoms with Crippen LogP contribution in [0.25, 0.3) is 11.3 Å². The van der Waals surface area contributed by atoms with Gasteiger partial charge in [-0.2, -0.15) is 5.26 Å². The average Bonchev–Trinajstić information content (AvgIpc) is 2.75. The molecule has 2 aromatic carbocycles. The van der Waals surface area contributed by atoms with Crippen LogP contribution in [0.2, 0.25) is 0 Å². The summed E-state index contributed by atoms with van der Waals surface area (Å²) in [4.78, 5) is 11.2. The number of hydrogen-bond donors (Lipinski definition) is 2. The molecule has 1 aliphatic rings. The molecule has 0 radical (unpaired) electrons. The zero-order chi connectivity index (χ0) is 19.3. The van der Waals surface area contributed by atoms with Crippen molar-refractivity contribution in [3.8, 4) is 17.3 Å². The van der Waals surface area contributed by atoms with Crippen LogP contribution in [0.4, 0.5) is 23.0 Å². The Morgan fingerprint density at radius 2 is 1.86 bits per heavy atom. The lowest BCUT2D eigenvalue weighted by Crippen LogP contribution is -2.36. The average molecular weight is 372 g/mol. The molecule has 0 unspecified atom stereocenters. The maximum absolute atomic E-state index is 9.17. The summed E-state index contributed by atoms with van der Waals surface area (Å²) in [7, 11) is 0. The van der Waals surface area contributed by atoms with E-state index in [1.807, 2.05) is 18.2 Å². The maximum atomic E-state index is 9.17. The lowest BCUT2D eigenvalue weighted by Gasteiger charge is -2.28. The van der Waals surface area contributed by atoms with E-state index < -0.39 is 0 Å². The van der Waals surface area contributed by atoms with Gasteiger partial charge in [-0.15, -0.1) is 0 Å². The Morgan fingerprint density at radius 1 is 1.07 bits per heavy atom. The van der Waals surface area contributed by atoms with Crippen molar-refractivity contribution in [2.24, 2.45) is 0 Å². The highest BCUT2D eigenvalue weighted by Crippen LogP contribution is 2.24. The van der Waals surface area contributed by atoms with Crippen molar-refractivity contribution in [2.75, 3.05) is 42.3 Å². The van der Waals surface area contributed by atoms with Crippen LogP contribution in [0, 0.1) is 11.3 Å². The summed E-state index contributed by atoms with van der Waals surface area (Å²) in [6.07, 6.45) is 1.69. The third kappa shape index (κ3) is 3.87. The van der Waals surface area contributed by atoms with Gasteiger partial charge in [-0.05, 0) is 42.5 Å². The Bertz CT molecular complexity index is 1010. The zero-order valence-electron chi connectivity index (χ0n) is 15.3. The van der Waals surface area contributed by atoms with Crippen molar-refractivity contribution in [3.63, 3.8) is 0 Å². The fourth-order valence-electron chi connectivity index (χ4n) is 3.10. The molecule has 0 aliphatic carbocycles. The van der Waals surface area contributed by atoms with Crippen LogP contribution in [0.5, 0.6) is 0 Å². The SMILES string of the molecule is N#Cc1cc(-c2ccnc(Nc3ccc(N4CCOCC4)cc3)n2)ccc1N. The molecule has 140 valence electrons. The highest BCUT2D eigenvalue weighted by molar-refractivity contribution is 5.68. The van der Waals surface area contributed by atoms with Crippen molar-refractivity contribution < 1.29 is 4.74 Å². The maximum Gasteiger partial charge on any atom is 0.227 e. The molecule has 28 heavy (non-hydrogen) atoms. The monoisotopic (exact) mass is 372 g/mol. The van der Waals surface area contributed by atoms with Gasteiger partial charge in [-0.1, -0.05) is 6.07 Å². The molecule has 3 N–H and O–H groups in total. The molecular weight excluding hydrogens is 352 g/mol. The van der Waals surface area contributed by atoms with Crippen LogP contribution >= 0.6 is 0 Å². The molecule has 1 aliphatic heterocycles. The molecule has 4 rings (SSSR count). The lowest BCUT2D eigenvalue weighted by molar-refractivity contribution is 0.122. The van der Waals surface area contributed by atoms with Gasteiger partial charge in [-0.25, -0.2) is 9.97 Å². The quantitative estimate of drug-likeness (QED) is 0.678. The first-order chi connectivity index (χ1) is 13.7. The molecule has 1 fully saturated rings. The van der Waals surface area contributed by atoms with E-state index in [2.05, 4.69) is 38.4 Å². The Labute approximate surface area is 163 Å². The van der Waals surface area contributed by atoms with Gasteiger partial charge in [0.05, 0.1) is 24.5 Å². The van der Waals surface area contributed by atoms with Crippen LogP contribution in [0.3, 0.4) is 0 Å². The van der Waals surface area contributed by atoms with Crippen molar-refractivity contribution in [1.29, 1.82) is 5.26 Å². The van der Waals surface area contributed by atoms with Gasteiger partial charge in [-0.3, -0.25) is 0 Å². The number of benzene rings is 2. The van der Waals surface area contributed by atoms with E-state index in [0.717, 1.165) is 43.2 Å². The molecule has 0 saturated carbocycles. The van der Waals surface area contributed by atoms with Crippen molar-refractivity contribution in [1.82, 2.24) is 9.97 Å². The Morgan fingerprint density at radius 3 is 2.61 bits per heavy atom. The van der Waals surface area contributed by atoms with E-state index in [-0.39, 0.29) is 0 Å². The van der Waals surface area contributed by atoms with Crippen molar-refractivity contribution >= 4 is 23.0 Å². The normalized spacial score (nSPS) is 13.8. The minimum Gasteiger partial charge on any atom is -0.398 e. The Kier molecular flexibility index (Phi) is 5.04. The highest BCUT2D eigenvalue weighted by Gasteiger charge is 2.11. The fraction of sp³-hybridized carbons (Fsp3) is 0.190. The number of aromatic nitrogens is 2. The molecule has 0 bridgehead atoms. The number of hydrogen-bond acceptors (Lipinski definition) is 7. The largest absolute Gasteiger partial charge is 0.398 e. The molecular formula is C21H20N6O. The van der Waals surface area contributed by atoms with Crippen LogP contribution in [0.1, 0.15) is 5.56 Å². The highest BCUT2D eigenvalue weighted by atomic mass is 16.5. The minimum absolute atomic E-state index is 0.435. The first kappa shape index (κ1) is 17.8. The number of nitrogens with zero attached hydrogens (tertiary/aromatic N) is 4. The van der Waals surface area contributed by atoms with Crippen molar-refractivity contribution in [2.45, 2.75) is 0 Å². The number of nitrogens with one attached hydrogen (secondary N) is 1. The minimum atomic E-state index is 0.435. The van der Waals surface area contributed by atoms with E-state index in [9.17, 15) is 5.26 Å². The van der Waals surface area contributed by atoms with Crippen LogP contribution in [-0.2, 0) is 4.74 Å². The van der Waals surface area contributed by atoms with E-state index >= 15 is 0 Å². The smallest absolute Gasteiger partial charge is 0.227 e. The standard InChI is InChI=1S/C21H20N6O/c22-14-16-13-15(1-6-19(16)23)20-7-8-24-21(26-20)25-17-2-4-18(5-3-17)27-9-11-28-12-10-27/h1-8,13H,9-12,23H2,(H,24,25,26). The van der Waals surface area contributed by atoms with Gasteiger partial charge in [0, 0.05) is 41.9 Å². The number of nitrogen functional groups attached to an aromatic ring is 1. The lowest BCUT2D eigenvalue weighted by atomic mass is 10.1. The van der Waals surface area contributed by atoms with Crippen LogP contribution in [-0.4, -0.2) is 36.3 Å². The summed E-state index contributed by atoms with van der Waals surface area (Å²) in [5.41, 5.74) is 10.3. The molecule has 0 atom stereocenters. The van der Waals surface area contributed by atoms with E-state index in [4.69, 9.17) is 10.5 Å². The molecule has 1 aromatic heterocycles. The number of ether oxygens (including phenoxy) is 1. The van der Waals surface area contributed by atoms with Gasteiger partial charge < -0.3 is 20.7 Å². The molecule has 3 aromatic rings. The second kappa shape index (κ2) is 7.94. The number of morpholine rings is 1. The third-order valence-electron chi connectivity index (χ3n) is 4.62. The first-order valence-corrected chi connectivity index (χ1v) is 9.06. The van der Waals surface area contributed by atoms with Gasteiger partial charge in [0.25, 0.3) is 0 Å². The fourth-order valence-corrected chi connectivity index (χ4v) is 3.10. The summed E-state index contributed by atoms with van der Waals surface area (Å²) in [6, 6.07) is 17.4. The van der Waals surface area contributed by atoms with E-state index in [1.54, 1.807) is 24.4 Å². The summed E-state index contributed by atoms with van der Waals surface area (Å²) < 4.78 is 5.40. The summed E-state index contributed by atoms with van der Waals surface area (Å²) in [6.45, 7) is 3.34. The molecule has 0 amide bonds. The number of nitriles is 1. The Balaban J connectivity index is 1.51. The number of nitrogens with two attached hydrogens (primary N) is 1. The van der Waals surface area contributed by atoms with Gasteiger partial charge in [0.15, 0.2) is 0 Å². The molecule has 1 saturated heterocycles. The van der Waals surface area contributed by atoms with E-state index in [0.29, 0.717) is 17.2 Å². The zero-order valence-corrected chi connectivity index (χ0v) is 15.3. The second-order valence-electron chi connectivity index (χ2n) is 6.45.